The normalized spacial score (nSPS) is 17.6. The first kappa shape index (κ1) is 21.2. The third kappa shape index (κ3) is 3.82. The third-order valence-electron chi connectivity index (χ3n) is 4.75. The number of anilines is 1. The molecular formula is C18H20N4O7S. The SMILES string of the molecule is NC(=O)C1CN(C(=O)c2cc(O)c(O)c(O)c2)CCN1S(=O)(=O)c1ccc(N)cc1. The van der Waals surface area contributed by atoms with E-state index in [0.717, 1.165) is 16.4 Å². The third-order valence-corrected chi connectivity index (χ3v) is 6.67. The highest BCUT2D eigenvalue weighted by atomic mass is 32.2. The van der Waals surface area contributed by atoms with E-state index >= 15 is 0 Å². The van der Waals surface area contributed by atoms with Crippen LogP contribution < -0.4 is 11.5 Å². The number of benzene rings is 2. The number of hydrogen-bond acceptors (Lipinski definition) is 8. The maximum Gasteiger partial charge on any atom is 0.254 e. The van der Waals surface area contributed by atoms with Crippen molar-refractivity contribution >= 4 is 27.5 Å². The molecule has 160 valence electrons. The Hall–Kier alpha value is -3.51. The number of amides is 2. The molecule has 0 bridgehead atoms. The van der Waals surface area contributed by atoms with E-state index in [1.165, 1.54) is 29.2 Å². The largest absolute Gasteiger partial charge is 0.504 e. The van der Waals surface area contributed by atoms with Gasteiger partial charge in [0.2, 0.25) is 15.9 Å². The molecule has 2 amide bonds. The Morgan fingerprint density at radius 2 is 1.57 bits per heavy atom. The summed E-state index contributed by atoms with van der Waals surface area (Å²) >= 11 is 0. The molecule has 1 heterocycles. The van der Waals surface area contributed by atoms with Crippen LogP contribution in [-0.4, -0.2) is 70.4 Å². The number of piperazine rings is 1. The number of rotatable bonds is 4. The predicted molar refractivity (Wildman–Crippen MR) is 105 cm³/mol. The number of hydrogen-bond donors (Lipinski definition) is 5. The number of carbonyl (C=O) groups is 2. The standard InChI is InChI=1S/C18H20N4O7S/c19-11-1-3-12(4-2-11)30(28,29)22-6-5-21(9-13(22)17(20)26)18(27)10-7-14(23)16(25)15(24)8-10/h1-4,7-8,13,23-25H,5-6,9,19H2,(H2,20,26). The van der Waals surface area contributed by atoms with Crippen molar-refractivity contribution in [2.24, 2.45) is 5.73 Å². The number of sulfonamides is 1. The van der Waals surface area contributed by atoms with Gasteiger partial charge in [-0.1, -0.05) is 0 Å². The smallest absolute Gasteiger partial charge is 0.254 e. The minimum Gasteiger partial charge on any atom is -0.504 e. The molecule has 2 aromatic carbocycles. The van der Waals surface area contributed by atoms with Crippen molar-refractivity contribution in [3.05, 3.63) is 42.0 Å². The summed E-state index contributed by atoms with van der Waals surface area (Å²) in [5.74, 6) is -3.80. The summed E-state index contributed by atoms with van der Waals surface area (Å²) in [6.45, 7) is -0.605. The molecule has 2 aromatic rings. The molecule has 3 rings (SSSR count). The zero-order valence-electron chi connectivity index (χ0n) is 15.6. The van der Waals surface area contributed by atoms with Crippen LogP contribution in [0.5, 0.6) is 17.2 Å². The number of aromatic hydroxyl groups is 3. The Bertz CT molecular complexity index is 1080. The van der Waals surface area contributed by atoms with Crippen LogP contribution in [0.3, 0.4) is 0 Å². The van der Waals surface area contributed by atoms with Crippen molar-refractivity contribution in [2.45, 2.75) is 10.9 Å². The van der Waals surface area contributed by atoms with Gasteiger partial charge in [0.15, 0.2) is 17.2 Å². The van der Waals surface area contributed by atoms with Gasteiger partial charge in [-0.05, 0) is 36.4 Å². The summed E-state index contributed by atoms with van der Waals surface area (Å²) in [7, 11) is -4.08. The molecule has 0 aliphatic carbocycles. The van der Waals surface area contributed by atoms with Crippen molar-refractivity contribution in [1.29, 1.82) is 0 Å². The van der Waals surface area contributed by atoms with Crippen LogP contribution in [0, 0.1) is 0 Å². The van der Waals surface area contributed by atoms with Gasteiger partial charge >= 0.3 is 0 Å². The lowest BCUT2D eigenvalue weighted by Gasteiger charge is -2.39. The highest BCUT2D eigenvalue weighted by Crippen LogP contribution is 2.36. The minimum absolute atomic E-state index is 0.0702. The molecule has 7 N–H and O–H groups in total. The summed E-state index contributed by atoms with van der Waals surface area (Å²) in [6, 6.07) is 6.02. The average molecular weight is 436 g/mol. The second kappa shape index (κ2) is 7.72. The Morgan fingerprint density at radius 3 is 2.10 bits per heavy atom. The molecule has 0 radical (unpaired) electrons. The zero-order chi connectivity index (χ0) is 22.2. The summed E-state index contributed by atoms with van der Waals surface area (Å²) in [6.07, 6.45) is 0. The fourth-order valence-corrected chi connectivity index (χ4v) is 4.73. The second-order valence-corrected chi connectivity index (χ2v) is 8.61. The first-order chi connectivity index (χ1) is 14.0. The summed E-state index contributed by atoms with van der Waals surface area (Å²) < 4.78 is 26.9. The quantitative estimate of drug-likeness (QED) is 0.310. The molecule has 12 heteroatoms. The Labute approximate surface area is 171 Å². The van der Waals surface area contributed by atoms with Crippen molar-refractivity contribution in [1.82, 2.24) is 9.21 Å². The molecular weight excluding hydrogens is 416 g/mol. The molecule has 0 saturated carbocycles. The lowest BCUT2D eigenvalue weighted by molar-refractivity contribution is -0.122. The number of primary amides is 1. The van der Waals surface area contributed by atoms with Gasteiger partial charge in [-0.25, -0.2) is 8.42 Å². The summed E-state index contributed by atoms with van der Waals surface area (Å²) in [5.41, 5.74) is 11.2. The van der Waals surface area contributed by atoms with E-state index in [2.05, 4.69) is 0 Å². The van der Waals surface area contributed by atoms with Gasteiger partial charge in [0.1, 0.15) is 6.04 Å². The molecule has 1 unspecified atom stereocenters. The van der Waals surface area contributed by atoms with Crippen LogP contribution in [-0.2, 0) is 14.8 Å². The van der Waals surface area contributed by atoms with Gasteiger partial charge in [0.05, 0.1) is 4.90 Å². The van der Waals surface area contributed by atoms with E-state index < -0.39 is 45.1 Å². The van der Waals surface area contributed by atoms with Crippen LogP contribution in [0.2, 0.25) is 0 Å². The summed E-state index contributed by atoms with van der Waals surface area (Å²) in [5, 5.41) is 28.6. The van der Waals surface area contributed by atoms with Gasteiger partial charge in [-0.15, -0.1) is 0 Å². The fourth-order valence-electron chi connectivity index (χ4n) is 3.16. The van der Waals surface area contributed by atoms with Crippen LogP contribution in [0.1, 0.15) is 10.4 Å². The molecule has 1 aliphatic heterocycles. The molecule has 30 heavy (non-hydrogen) atoms. The maximum atomic E-state index is 13.0. The van der Waals surface area contributed by atoms with Gasteiger partial charge < -0.3 is 31.7 Å². The van der Waals surface area contributed by atoms with E-state index in [-0.39, 0.29) is 30.1 Å². The Balaban J connectivity index is 1.88. The number of nitrogens with zero attached hydrogens (tertiary/aromatic N) is 2. The monoisotopic (exact) mass is 436 g/mol. The molecule has 0 aromatic heterocycles. The van der Waals surface area contributed by atoms with E-state index in [9.17, 15) is 33.3 Å². The highest BCUT2D eigenvalue weighted by Gasteiger charge is 2.40. The van der Waals surface area contributed by atoms with Crippen molar-refractivity contribution in [3.8, 4) is 17.2 Å². The van der Waals surface area contributed by atoms with Crippen LogP contribution in [0.15, 0.2) is 41.3 Å². The van der Waals surface area contributed by atoms with Gasteiger partial charge in [-0.3, -0.25) is 9.59 Å². The van der Waals surface area contributed by atoms with E-state index in [4.69, 9.17) is 11.5 Å². The highest BCUT2D eigenvalue weighted by molar-refractivity contribution is 7.89. The molecule has 1 fully saturated rings. The molecule has 1 atom stereocenters. The van der Waals surface area contributed by atoms with Gasteiger partial charge in [-0.2, -0.15) is 4.31 Å². The number of carbonyl (C=O) groups excluding carboxylic acids is 2. The van der Waals surface area contributed by atoms with Crippen LogP contribution in [0.25, 0.3) is 0 Å². The van der Waals surface area contributed by atoms with Crippen LogP contribution in [0.4, 0.5) is 5.69 Å². The number of nitrogens with two attached hydrogens (primary N) is 2. The average Bonchev–Trinajstić information content (AvgIpc) is 2.70. The van der Waals surface area contributed by atoms with Gasteiger partial charge in [0.25, 0.3) is 5.91 Å². The maximum absolute atomic E-state index is 13.0. The van der Waals surface area contributed by atoms with Crippen molar-refractivity contribution in [3.63, 3.8) is 0 Å². The summed E-state index contributed by atoms with van der Waals surface area (Å²) in [4.78, 5) is 25.8. The lowest BCUT2D eigenvalue weighted by Crippen LogP contribution is -2.60. The molecule has 11 nitrogen and oxygen atoms in total. The molecule has 0 spiro atoms. The van der Waals surface area contributed by atoms with Crippen molar-refractivity contribution < 1.29 is 33.3 Å². The van der Waals surface area contributed by atoms with Crippen molar-refractivity contribution in [2.75, 3.05) is 25.4 Å². The zero-order valence-corrected chi connectivity index (χ0v) is 16.4. The minimum atomic E-state index is -4.08. The first-order valence-corrected chi connectivity index (χ1v) is 10.2. The Kier molecular flexibility index (Phi) is 5.46. The number of phenolic OH excluding ortho intramolecular Hbond substituents is 3. The second-order valence-electron chi connectivity index (χ2n) is 6.72. The van der Waals surface area contributed by atoms with E-state index in [1.807, 2.05) is 0 Å². The van der Waals surface area contributed by atoms with Gasteiger partial charge in [0, 0.05) is 30.9 Å². The number of nitrogen functional groups attached to an aromatic ring is 1. The van der Waals surface area contributed by atoms with Crippen LogP contribution >= 0.6 is 0 Å². The van der Waals surface area contributed by atoms with E-state index in [0.29, 0.717) is 5.69 Å². The number of phenols is 3. The predicted octanol–water partition coefficient (Wildman–Crippen LogP) is -0.614. The fraction of sp³-hybridized carbons (Fsp3) is 0.222. The molecule has 1 saturated heterocycles. The topological polar surface area (TPSA) is 187 Å². The molecule has 1 aliphatic rings. The van der Waals surface area contributed by atoms with E-state index in [1.54, 1.807) is 0 Å². The lowest BCUT2D eigenvalue weighted by atomic mass is 10.1. The Morgan fingerprint density at radius 1 is 1.00 bits per heavy atom. The first-order valence-electron chi connectivity index (χ1n) is 8.73.